The maximum absolute atomic E-state index is 11.8. The fourth-order valence-electron chi connectivity index (χ4n) is 3.63. The van der Waals surface area contributed by atoms with E-state index >= 15 is 0 Å². The third kappa shape index (κ3) is 2.89. The zero-order valence-electron chi connectivity index (χ0n) is 15.0. The number of rotatable bonds is 3. The number of hydrogen-bond donors (Lipinski definition) is 1. The Bertz CT molecular complexity index is 950. The second-order valence-corrected chi connectivity index (χ2v) is 6.67. The number of nitrogens with zero attached hydrogens (tertiary/aromatic N) is 5. The Kier molecular flexibility index (Phi) is 4.28. The summed E-state index contributed by atoms with van der Waals surface area (Å²) in [4.78, 5) is 23.1. The highest BCUT2D eigenvalue weighted by atomic mass is 16.1. The lowest BCUT2D eigenvalue weighted by molar-refractivity contribution is 0.0957. The maximum atomic E-state index is 11.8. The van der Waals surface area contributed by atoms with Crippen LogP contribution in [-0.2, 0) is 0 Å². The SMILES string of the molecule is CNC(=O)c1ccn([C@@H]2CCCN(c3ncnc4c(C)cccc34)C2)n1. The molecule has 0 aliphatic carbocycles. The Labute approximate surface area is 152 Å². The number of aromatic nitrogens is 4. The molecule has 0 saturated carbocycles. The number of carbonyl (C=O) groups excluding carboxylic acids is 1. The summed E-state index contributed by atoms with van der Waals surface area (Å²) in [6.45, 7) is 3.84. The van der Waals surface area contributed by atoms with Gasteiger partial charge in [0, 0.05) is 31.7 Å². The van der Waals surface area contributed by atoms with Crippen LogP contribution in [0.2, 0.25) is 0 Å². The normalized spacial score (nSPS) is 17.5. The van der Waals surface area contributed by atoms with Gasteiger partial charge in [-0.1, -0.05) is 12.1 Å². The number of carbonyl (C=O) groups is 1. The number of anilines is 1. The molecule has 1 amide bonds. The molecule has 1 saturated heterocycles. The summed E-state index contributed by atoms with van der Waals surface area (Å²) in [5.41, 5.74) is 2.61. The van der Waals surface area contributed by atoms with Gasteiger partial charge in [0.1, 0.15) is 17.8 Å². The first-order valence-electron chi connectivity index (χ1n) is 8.90. The topological polar surface area (TPSA) is 75.9 Å². The van der Waals surface area contributed by atoms with Crippen molar-refractivity contribution in [3.05, 3.63) is 48.0 Å². The van der Waals surface area contributed by atoms with E-state index < -0.39 is 0 Å². The number of aryl methyl sites for hydroxylation is 1. The first-order chi connectivity index (χ1) is 12.7. The summed E-state index contributed by atoms with van der Waals surface area (Å²) in [5.74, 6) is 0.816. The molecular weight excluding hydrogens is 328 g/mol. The smallest absolute Gasteiger partial charge is 0.271 e. The minimum Gasteiger partial charge on any atom is -0.354 e. The summed E-state index contributed by atoms with van der Waals surface area (Å²) in [5, 5.41) is 8.15. The molecular formula is C19H22N6O. The van der Waals surface area contributed by atoms with E-state index in [2.05, 4.69) is 50.4 Å². The van der Waals surface area contributed by atoms with Gasteiger partial charge in [0.15, 0.2) is 0 Å². The molecule has 134 valence electrons. The third-order valence-electron chi connectivity index (χ3n) is 4.98. The number of benzene rings is 1. The number of piperidine rings is 1. The fourth-order valence-corrected chi connectivity index (χ4v) is 3.63. The van der Waals surface area contributed by atoms with Crippen molar-refractivity contribution in [2.75, 3.05) is 25.0 Å². The van der Waals surface area contributed by atoms with Gasteiger partial charge in [0.05, 0.1) is 11.6 Å². The Morgan fingerprint density at radius 2 is 2.15 bits per heavy atom. The second-order valence-electron chi connectivity index (χ2n) is 6.67. The van der Waals surface area contributed by atoms with Crippen molar-refractivity contribution in [3.63, 3.8) is 0 Å². The molecule has 4 rings (SSSR count). The number of amides is 1. The van der Waals surface area contributed by atoms with Crippen LogP contribution in [0, 0.1) is 6.92 Å². The van der Waals surface area contributed by atoms with Gasteiger partial charge in [-0.2, -0.15) is 5.10 Å². The van der Waals surface area contributed by atoms with Gasteiger partial charge < -0.3 is 10.2 Å². The van der Waals surface area contributed by atoms with Crippen molar-refractivity contribution >= 4 is 22.6 Å². The van der Waals surface area contributed by atoms with E-state index in [-0.39, 0.29) is 11.9 Å². The van der Waals surface area contributed by atoms with E-state index in [1.165, 1.54) is 0 Å². The minimum absolute atomic E-state index is 0.159. The van der Waals surface area contributed by atoms with Crippen LogP contribution in [0.3, 0.4) is 0 Å². The molecule has 1 N–H and O–H groups in total. The van der Waals surface area contributed by atoms with Crippen LogP contribution in [0.4, 0.5) is 5.82 Å². The Balaban J connectivity index is 1.62. The molecule has 1 atom stereocenters. The van der Waals surface area contributed by atoms with Crippen LogP contribution in [0.5, 0.6) is 0 Å². The molecule has 3 aromatic rings. The van der Waals surface area contributed by atoms with Crippen molar-refractivity contribution < 1.29 is 4.79 Å². The van der Waals surface area contributed by atoms with Crippen molar-refractivity contribution in [1.29, 1.82) is 0 Å². The molecule has 0 bridgehead atoms. The molecule has 0 spiro atoms. The highest BCUT2D eigenvalue weighted by molar-refractivity contribution is 5.92. The van der Waals surface area contributed by atoms with Crippen LogP contribution >= 0.6 is 0 Å². The maximum Gasteiger partial charge on any atom is 0.271 e. The van der Waals surface area contributed by atoms with Gasteiger partial charge in [0.2, 0.25) is 0 Å². The summed E-state index contributed by atoms with van der Waals surface area (Å²) in [6, 6.07) is 8.19. The molecule has 1 aliphatic heterocycles. The summed E-state index contributed by atoms with van der Waals surface area (Å²) in [6.07, 6.45) is 5.62. The molecule has 26 heavy (non-hydrogen) atoms. The van der Waals surface area contributed by atoms with E-state index in [0.717, 1.165) is 48.2 Å². The predicted octanol–water partition coefficient (Wildman–Crippen LogP) is 2.34. The first-order valence-corrected chi connectivity index (χ1v) is 8.90. The molecule has 2 aromatic heterocycles. The van der Waals surface area contributed by atoms with Gasteiger partial charge in [-0.05, 0) is 37.5 Å². The van der Waals surface area contributed by atoms with Gasteiger partial charge in [-0.3, -0.25) is 9.48 Å². The van der Waals surface area contributed by atoms with Crippen LogP contribution in [-0.4, -0.2) is 45.8 Å². The largest absolute Gasteiger partial charge is 0.354 e. The Morgan fingerprint density at radius 3 is 3.00 bits per heavy atom. The molecule has 0 unspecified atom stereocenters. The van der Waals surface area contributed by atoms with Crippen LogP contribution in [0.15, 0.2) is 36.8 Å². The molecule has 7 nitrogen and oxygen atoms in total. The van der Waals surface area contributed by atoms with E-state index in [1.807, 2.05) is 10.9 Å². The monoisotopic (exact) mass is 350 g/mol. The second kappa shape index (κ2) is 6.74. The molecule has 1 fully saturated rings. The standard InChI is InChI=1S/C19H22N6O/c1-13-5-3-7-15-17(13)21-12-22-18(15)24-9-4-6-14(11-24)25-10-8-16(23-25)19(26)20-2/h3,5,7-8,10,12,14H,4,6,9,11H2,1-2H3,(H,20,26)/t14-/m1/s1. The zero-order valence-corrected chi connectivity index (χ0v) is 15.0. The van der Waals surface area contributed by atoms with E-state index in [9.17, 15) is 4.79 Å². The average molecular weight is 350 g/mol. The Morgan fingerprint density at radius 1 is 1.27 bits per heavy atom. The van der Waals surface area contributed by atoms with Gasteiger partial charge in [-0.25, -0.2) is 9.97 Å². The lowest BCUT2D eigenvalue weighted by atomic mass is 10.0. The number of nitrogens with one attached hydrogen (secondary N) is 1. The predicted molar refractivity (Wildman–Crippen MR) is 100 cm³/mol. The van der Waals surface area contributed by atoms with Crippen molar-refractivity contribution in [3.8, 4) is 0 Å². The number of para-hydroxylation sites is 1. The van der Waals surface area contributed by atoms with E-state index in [1.54, 1.807) is 19.4 Å². The lowest BCUT2D eigenvalue weighted by Crippen LogP contribution is -2.37. The van der Waals surface area contributed by atoms with Crippen LogP contribution < -0.4 is 10.2 Å². The summed E-state index contributed by atoms with van der Waals surface area (Å²) in [7, 11) is 1.62. The number of hydrogen-bond acceptors (Lipinski definition) is 5. The lowest BCUT2D eigenvalue weighted by Gasteiger charge is -2.34. The summed E-state index contributed by atoms with van der Waals surface area (Å²) >= 11 is 0. The van der Waals surface area contributed by atoms with Crippen molar-refractivity contribution in [1.82, 2.24) is 25.1 Å². The Hall–Kier alpha value is -2.96. The number of fused-ring (bicyclic) bond motifs is 1. The first kappa shape index (κ1) is 16.5. The fraction of sp³-hybridized carbons (Fsp3) is 0.368. The van der Waals surface area contributed by atoms with Gasteiger partial charge >= 0.3 is 0 Å². The quantitative estimate of drug-likeness (QED) is 0.785. The molecule has 1 aromatic carbocycles. The van der Waals surface area contributed by atoms with Crippen molar-refractivity contribution in [2.45, 2.75) is 25.8 Å². The van der Waals surface area contributed by atoms with Gasteiger partial charge in [0.25, 0.3) is 5.91 Å². The highest BCUT2D eigenvalue weighted by Gasteiger charge is 2.25. The highest BCUT2D eigenvalue weighted by Crippen LogP contribution is 2.30. The summed E-state index contributed by atoms with van der Waals surface area (Å²) < 4.78 is 1.91. The molecule has 1 aliphatic rings. The van der Waals surface area contributed by atoms with Crippen LogP contribution in [0.25, 0.3) is 10.9 Å². The minimum atomic E-state index is -0.159. The molecule has 7 heteroatoms. The average Bonchev–Trinajstić information content (AvgIpc) is 3.18. The molecule has 0 radical (unpaired) electrons. The van der Waals surface area contributed by atoms with E-state index in [4.69, 9.17) is 0 Å². The molecule has 3 heterocycles. The zero-order chi connectivity index (χ0) is 18.1. The van der Waals surface area contributed by atoms with Crippen molar-refractivity contribution in [2.24, 2.45) is 0 Å². The third-order valence-corrected chi connectivity index (χ3v) is 4.98. The van der Waals surface area contributed by atoms with Crippen LogP contribution in [0.1, 0.15) is 34.9 Å². The van der Waals surface area contributed by atoms with E-state index in [0.29, 0.717) is 5.69 Å². The van der Waals surface area contributed by atoms with Gasteiger partial charge in [-0.15, -0.1) is 0 Å².